The number of aryl methyl sites for hydroxylation is 1. The SMILES string of the molecule is CCNCC(C)c1nc2cc(C)ccc2n1C(C)C. The molecule has 3 heteroatoms. The molecule has 0 saturated heterocycles. The molecule has 0 aliphatic rings. The van der Waals surface area contributed by atoms with Crippen molar-refractivity contribution in [3.8, 4) is 0 Å². The van der Waals surface area contributed by atoms with Gasteiger partial charge < -0.3 is 9.88 Å². The minimum absolute atomic E-state index is 0.426. The highest BCUT2D eigenvalue weighted by Crippen LogP contribution is 2.26. The molecule has 1 atom stereocenters. The smallest absolute Gasteiger partial charge is 0.114 e. The van der Waals surface area contributed by atoms with E-state index in [4.69, 9.17) is 4.98 Å². The molecule has 1 unspecified atom stereocenters. The Morgan fingerprint density at radius 3 is 2.63 bits per heavy atom. The zero-order valence-corrected chi connectivity index (χ0v) is 12.7. The summed E-state index contributed by atoms with van der Waals surface area (Å²) in [6, 6.07) is 6.98. The van der Waals surface area contributed by atoms with E-state index in [1.165, 1.54) is 16.9 Å². The maximum Gasteiger partial charge on any atom is 0.114 e. The van der Waals surface area contributed by atoms with E-state index in [9.17, 15) is 0 Å². The van der Waals surface area contributed by atoms with E-state index >= 15 is 0 Å². The van der Waals surface area contributed by atoms with Crippen LogP contribution in [0.1, 0.15) is 51.0 Å². The van der Waals surface area contributed by atoms with Crippen LogP contribution in [-0.4, -0.2) is 22.6 Å². The van der Waals surface area contributed by atoms with Crippen molar-refractivity contribution >= 4 is 11.0 Å². The van der Waals surface area contributed by atoms with Crippen LogP contribution >= 0.6 is 0 Å². The molecule has 19 heavy (non-hydrogen) atoms. The van der Waals surface area contributed by atoms with Gasteiger partial charge in [0.2, 0.25) is 0 Å². The van der Waals surface area contributed by atoms with Crippen molar-refractivity contribution in [2.45, 2.75) is 46.6 Å². The number of benzene rings is 1. The van der Waals surface area contributed by atoms with Crippen LogP contribution in [0.15, 0.2) is 18.2 Å². The molecule has 1 aromatic carbocycles. The van der Waals surface area contributed by atoms with Gasteiger partial charge in [-0.2, -0.15) is 0 Å². The summed E-state index contributed by atoms with van der Waals surface area (Å²) in [6.07, 6.45) is 0. The van der Waals surface area contributed by atoms with Crippen LogP contribution in [0.2, 0.25) is 0 Å². The lowest BCUT2D eigenvalue weighted by atomic mass is 10.1. The van der Waals surface area contributed by atoms with Crippen LogP contribution in [0.4, 0.5) is 0 Å². The lowest BCUT2D eigenvalue weighted by molar-refractivity contribution is 0.530. The molecule has 0 saturated carbocycles. The van der Waals surface area contributed by atoms with Crippen molar-refractivity contribution in [3.63, 3.8) is 0 Å². The third-order valence-corrected chi connectivity index (χ3v) is 3.53. The van der Waals surface area contributed by atoms with E-state index in [1.54, 1.807) is 0 Å². The molecule has 3 nitrogen and oxygen atoms in total. The van der Waals surface area contributed by atoms with Crippen LogP contribution in [0.5, 0.6) is 0 Å². The number of rotatable bonds is 5. The summed E-state index contributed by atoms with van der Waals surface area (Å²) in [7, 11) is 0. The van der Waals surface area contributed by atoms with Gasteiger partial charge in [-0.15, -0.1) is 0 Å². The molecule has 0 amide bonds. The van der Waals surface area contributed by atoms with Crippen molar-refractivity contribution < 1.29 is 0 Å². The fourth-order valence-corrected chi connectivity index (χ4v) is 2.57. The normalized spacial score (nSPS) is 13.4. The third kappa shape index (κ3) is 2.81. The summed E-state index contributed by atoms with van der Waals surface area (Å²) in [5.74, 6) is 1.62. The van der Waals surface area contributed by atoms with Gasteiger partial charge in [0.15, 0.2) is 0 Å². The van der Waals surface area contributed by atoms with Gasteiger partial charge in [-0.05, 0) is 45.0 Å². The number of imidazole rings is 1. The average molecular weight is 259 g/mol. The molecule has 2 rings (SSSR count). The molecule has 1 aromatic heterocycles. The largest absolute Gasteiger partial charge is 0.325 e. The first kappa shape index (κ1) is 14.1. The molecule has 0 aliphatic carbocycles. The second-order valence-corrected chi connectivity index (χ2v) is 5.63. The van der Waals surface area contributed by atoms with Gasteiger partial charge in [0.05, 0.1) is 11.0 Å². The molecular weight excluding hydrogens is 234 g/mol. The van der Waals surface area contributed by atoms with Crippen LogP contribution in [0, 0.1) is 6.92 Å². The Balaban J connectivity index is 2.49. The third-order valence-electron chi connectivity index (χ3n) is 3.53. The van der Waals surface area contributed by atoms with E-state index in [-0.39, 0.29) is 0 Å². The van der Waals surface area contributed by atoms with Gasteiger partial charge in [0.25, 0.3) is 0 Å². The van der Waals surface area contributed by atoms with E-state index in [1.807, 2.05) is 0 Å². The Kier molecular flexibility index (Phi) is 4.25. The first-order valence-corrected chi connectivity index (χ1v) is 7.23. The quantitative estimate of drug-likeness (QED) is 0.888. The van der Waals surface area contributed by atoms with E-state index in [2.05, 4.69) is 62.7 Å². The predicted molar refractivity (Wildman–Crippen MR) is 81.8 cm³/mol. The highest BCUT2D eigenvalue weighted by molar-refractivity contribution is 5.77. The van der Waals surface area contributed by atoms with Gasteiger partial charge in [-0.25, -0.2) is 4.98 Å². The van der Waals surface area contributed by atoms with E-state index in [0.717, 1.165) is 18.6 Å². The molecule has 0 fully saturated rings. The number of hydrogen-bond donors (Lipinski definition) is 1. The number of nitrogens with zero attached hydrogens (tertiary/aromatic N) is 2. The maximum atomic E-state index is 4.87. The Morgan fingerprint density at radius 1 is 1.26 bits per heavy atom. The summed E-state index contributed by atoms with van der Waals surface area (Å²) in [6.45, 7) is 12.9. The topological polar surface area (TPSA) is 29.9 Å². The highest BCUT2D eigenvalue weighted by Gasteiger charge is 2.18. The van der Waals surface area contributed by atoms with E-state index in [0.29, 0.717) is 12.0 Å². The van der Waals surface area contributed by atoms with Crippen LogP contribution in [0.25, 0.3) is 11.0 Å². The molecule has 2 aromatic rings. The van der Waals surface area contributed by atoms with Crippen molar-refractivity contribution in [3.05, 3.63) is 29.6 Å². The zero-order chi connectivity index (χ0) is 14.0. The van der Waals surface area contributed by atoms with Crippen molar-refractivity contribution in [2.24, 2.45) is 0 Å². The van der Waals surface area contributed by atoms with Gasteiger partial charge in [-0.1, -0.05) is 19.9 Å². The monoisotopic (exact) mass is 259 g/mol. The molecule has 0 spiro atoms. The Labute approximate surface area is 116 Å². The van der Waals surface area contributed by atoms with E-state index < -0.39 is 0 Å². The molecule has 0 radical (unpaired) electrons. The van der Waals surface area contributed by atoms with Gasteiger partial charge in [0, 0.05) is 18.5 Å². The summed E-state index contributed by atoms with van der Waals surface area (Å²) in [4.78, 5) is 4.87. The second-order valence-electron chi connectivity index (χ2n) is 5.63. The highest BCUT2D eigenvalue weighted by atomic mass is 15.1. The fraction of sp³-hybridized carbons (Fsp3) is 0.562. The summed E-state index contributed by atoms with van der Waals surface area (Å²) in [5.41, 5.74) is 3.64. The Morgan fingerprint density at radius 2 is 2.00 bits per heavy atom. The fourth-order valence-electron chi connectivity index (χ4n) is 2.57. The molecule has 0 aliphatic heterocycles. The average Bonchev–Trinajstić information content (AvgIpc) is 2.74. The van der Waals surface area contributed by atoms with Gasteiger partial charge in [-0.3, -0.25) is 0 Å². The van der Waals surface area contributed by atoms with Gasteiger partial charge in [0.1, 0.15) is 5.82 Å². The minimum atomic E-state index is 0.426. The first-order chi connectivity index (χ1) is 9.04. The number of nitrogens with one attached hydrogen (secondary N) is 1. The summed E-state index contributed by atoms with van der Waals surface area (Å²) in [5, 5.41) is 3.42. The molecule has 0 bridgehead atoms. The summed E-state index contributed by atoms with van der Waals surface area (Å²) < 4.78 is 2.37. The van der Waals surface area contributed by atoms with Crippen LogP contribution < -0.4 is 5.32 Å². The zero-order valence-electron chi connectivity index (χ0n) is 12.7. The predicted octanol–water partition coefficient (Wildman–Crippen LogP) is 3.64. The maximum absolute atomic E-state index is 4.87. The van der Waals surface area contributed by atoms with Crippen LogP contribution in [0.3, 0.4) is 0 Å². The number of fused-ring (bicyclic) bond motifs is 1. The van der Waals surface area contributed by atoms with Crippen molar-refractivity contribution in [1.29, 1.82) is 0 Å². The van der Waals surface area contributed by atoms with Crippen molar-refractivity contribution in [1.82, 2.24) is 14.9 Å². The molecule has 1 heterocycles. The lowest BCUT2D eigenvalue weighted by Crippen LogP contribution is -2.22. The number of likely N-dealkylation sites (N-methyl/N-ethyl adjacent to an activating group) is 1. The lowest BCUT2D eigenvalue weighted by Gasteiger charge is -2.17. The Bertz CT molecular complexity index is 554. The standard InChI is InChI=1S/C16H25N3/c1-6-17-10-13(5)16-18-14-9-12(4)7-8-15(14)19(16)11(2)3/h7-9,11,13,17H,6,10H2,1-5H3. The summed E-state index contributed by atoms with van der Waals surface area (Å²) >= 11 is 0. The second kappa shape index (κ2) is 5.74. The number of hydrogen-bond acceptors (Lipinski definition) is 2. The molecule has 1 N–H and O–H groups in total. The minimum Gasteiger partial charge on any atom is -0.325 e. The first-order valence-electron chi connectivity index (χ1n) is 7.23. The molecular formula is C16H25N3. The van der Waals surface area contributed by atoms with Crippen molar-refractivity contribution in [2.75, 3.05) is 13.1 Å². The molecule has 104 valence electrons. The van der Waals surface area contributed by atoms with Crippen LogP contribution in [-0.2, 0) is 0 Å². The van der Waals surface area contributed by atoms with Gasteiger partial charge >= 0.3 is 0 Å². The number of aromatic nitrogens is 2. The Hall–Kier alpha value is -1.35.